The molecule has 0 unspecified atom stereocenters. The van der Waals surface area contributed by atoms with Crippen LogP contribution < -0.4 is 4.90 Å². The van der Waals surface area contributed by atoms with Crippen LogP contribution in [0.4, 0.5) is 9.52 Å². The molecule has 1 heterocycles. The van der Waals surface area contributed by atoms with E-state index in [2.05, 4.69) is 26.0 Å². The van der Waals surface area contributed by atoms with Crippen LogP contribution in [0, 0.1) is 19.7 Å². The van der Waals surface area contributed by atoms with Crippen LogP contribution in [0.3, 0.4) is 0 Å². The van der Waals surface area contributed by atoms with Crippen LogP contribution >= 0.6 is 23.1 Å². The van der Waals surface area contributed by atoms with Gasteiger partial charge in [-0.05, 0) is 66.9 Å². The van der Waals surface area contributed by atoms with Crippen molar-refractivity contribution in [2.45, 2.75) is 25.3 Å². The Morgan fingerprint density at radius 1 is 1.03 bits per heavy atom. The zero-order chi connectivity index (χ0) is 21.1. The van der Waals surface area contributed by atoms with Crippen molar-refractivity contribution in [3.63, 3.8) is 0 Å². The number of carbonyl (C=O) groups is 1. The monoisotopic (exact) mass is 436 g/mol. The SMILES string of the molecule is Cc1cc2nc(N(Cc3ccccc3)C(=O)CSc3ccc(F)cc3)sc2cc1C. The Kier molecular flexibility index (Phi) is 6.16. The van der Waals surface area contributed by atoms with Crippen LogP contribution in [0.5, 0.6) is 0 Å². The first kappa shape index (κ1) is 20.6. The molecule has 1 amide bonds. The van der Waals surface area contributed by atoms with Gasteiger partial charge in [0.05, 0.1) is 22.5 Å². The maximum absolute atomic E-state index is 13.2. The number of fused-ring (bicyclic) bond motifs is 1. The minimum Gasteiger partial charge on any atom is -0.283 e. The molecule has 0 aliphatic heterocycles. The van der Waals surface area contributed by atoms with Gasteiger partial charge >= 0.3 is 0 Å². The highest BCUT2D eigenvalue weighted by Crippen LogP contribution is 2.32. The van der Waals surface area contributed by atoms with Gasteiger partial charge in [0.25, 0.3) is 0 Å². The van der Waals surface area contributed by atoms with Gasteiger partial charge in [0.15, 0.2) is 5.13 Å². The quantitative estimate of drug-likeness (QED) is 0.329. The van der Waals surface area contributed by atoms with Crippen molar-refractivity contribution in [1.82, 2.24) is 4.98 Å². The van der Waals surface area contributed by atoms with Crippen molar-refractivity contribution in [3.05, 3.63) is 89.2 Å². The number of hydrogen-bond acceptors (Lipinski definition) is 4. The molecule has 1 aromatic heterocycles. The van der Waals surface area contributed by atoms with Crippen molar-refractivity contribution in [1.29, 1.82) is 0 Å². The van der Waals surface area contributed by atoms with E-state index in [0.717, 1.165) is 20.7 Å². The Bertz CT molecular complexity index is 1130. The maximum atomic E-state index is 13.2. The molecule has 0 atom stereocenters. The Morgan fingerprint density at radius 2 is 1.73 bits per heavy atom. The summed E-state index contributed by atoms with van der Waals surface area (Å²) in [5.41, 5.74) is 4.36. The molecule has 3 aromatic carbocycles. The van der Waals surface area contributed by atoms with E-state index in [4.69, 9.17) is 4.98 Å². The second-order valence-corrected chi connectivity index (χ2v) is 9.17. The summed E-state index contributed by atoms with van der Waals surface area (Å²) in [6.45, 7) is 4.61. The second-order valence-electron chi connectivity index (χ2n) is 7.11. The minimum absolute atomic E-state index is 0.0271. The van der Waals surface area contributed by atoms with Crippen molar-refractivity contribution in [3.8, 4) is 0 Å². The number of rotatable bonds is 6. The molecular formula is C24H21FN2OS2. The van der Waals surface area contributed by atoms with Crippen LogP contribution in [0.15, 0.2) is 71.6 Å². The molecule has 0 aliphatic carbocycles. The lowest BCUT2D eigenvalue weighted by atomic mass is 10.1. The lowest BCUT2D eigenvalue weighted by Gasteiger charge is -2.20. The van der Waals surface area contributed by atoms with Crippen molar-refractivity contribution in [2.24, 2.45) is 0 Å². The summed E-state index contributed by atoms with van der Waals surface area (Å²) < 4.78 is 14.2. The molecule has 0 spiro atoms. The summed E-state index contributed by atoms with van der Waals surface area (Å²) in [6.07, 6.45) is 0. The predicted molar refractivity (Wildman–Crippen MR) is 124 cm³/mol. The van der Waals surface area contributed by atoms with Gasteiger partial charge in [-0.25, -0.2) is 9.37 Å². The Morgan fingerprint density at radius 3 is 2.47 bits per heavy atom. The third-order valence-corrected chi connectivity index (χ3v) is 6.92. The number of amides is 1. The lowest BCUT2D eigenvalue weighted by Crippen LogP contribution is -2.31. The van der Waals surface area contributed by atoms with Gasteiger partial charge in [0.1, 0.15) is 5.82 Å². The number of thiazole rings is 1. The zero-order valence-corrected chi connectivity index (χ0v) is 18.4. The molecule has 3 nitrogen and oxygen atoms in total. The van der Waals surface area contributed by atoms with Crippen molar-refractivity contribution in [2.75, 3.05) is 10.7 Å². The fraction of sp³-hybridized carbons (Fsp3) is 0.167. The topological polar surface area (TPSA) is 33.2 Å². The summed E-state index contributed by atoms with van der Waals surface area (Å²) in [7, 11) is 0. The van der Waals surface area contributed by atoms with E-state index >= 15 is 0 Å². The number of benzene rings is 3. The molecule has 152 valence electrons. The van der Waals surface area contributed by atoms with Crippen LogP contribution in [0.1, 0.15) is 16.7 Å². The number of halogens is 1. The van der Waals surface area contributed by atoms with E-state index in [1.165, 1.54) is 46.4 Å². The highest BCUT2D eigenvalue weighted by Gasteiger charge is 2.21. The number of carbonyl (C=O) groups excluding carboxylic acids is 1. The standard InChI is InChI=1S/C24H21FN2OS2/c1-16-12-21-22(13-17(16)2)30-24(26-21)27(14-18-6-4-3-5-7-18)23(28)15-29-20-10-8-19(25)9-11-20/h3-13H,14-15H2,1-2H3. The van der Waals surface area contributed by atoms with Gasteiger partial charge in [-0.1, -0.05) is 41.7 Å². The Labute approximate surface area is 183 Å². The fourth-order valence-electron chi connectivity index (χ4n) is 3.07. The summed E-state index contributed by atoms with van der Waals surface area (Å²) in [6, 6.07) is 20.3. The number of aromatic nitrogens is 1. The maximum Gasteiger partial charge on any atom is 0.239 e. The van der Waals surface area contributed by atoms with Crippen molar-refractivity contribution < 1.29 is 9.18 Å². The number of anilines is 1. The third-order valence-electron chi connectivity index (χ3n) is 4.88. The van der Waals surface area contributed by atoms with Gasteiger partial charge in [-0.2, -0.15) is 0 Å². The highest BCUT2D eigenvalue weighted by atomic mass is 32.2. The van der Waals surface area contributed by atoms with E-state index in [9.17, 15) is 9.18 Å². The third kappa shape index (κ3) is 4.71. The Hall–Kier alpha value is -2.70. The van der Waals surface area contributed by atoms with Gasteiger partial charge in [0, 0.05) is 4.90 Å². The summed E-state index contributed by atoms with van der Waals surface area (Å²) >= 11 is 2.94. The van der Waals surface area contributed by atoms with Gasteiger partial charge < -0.3 is 0 Å². The van der Waals surface area contributed by atoms with Crippen LogP contribution in [-0.4, -0.2) is 16.6 Å². The van der Waals surface area contributed by atoms with Crippen molar-refractivity contribution >= 4 is 44.4 Å². The summed E-state index contributed by atoms with van der Waals surface area (Å²) in [5, 5.41) is 0.698. The van der Waals surface area contributed by atoms with E-state index in [1.54, 1.807) is 17.0 Å². The van der Waals surface area contributed by atoms with Gasteiger partial charge in [-0.3, -0.25) is 9.69 Å². The smallest absolute Gasteiger partial charge is 0.239 e. The zero-order valence-electron chi connectivity index (χ0n) is 16.8. The normalized spacial score (nSPS) is 11.0. The fourth-order valence-corrected chi connectivity index (χ4v) is 4.90. The predicted octanol–water partition coefficient (Wildman–Crippen LogP) is 6.38. The highest BCUT2D eigenvalue weighted by molar-refractivity contribution is 8.00. The molecule has 0 saturated heterocycles. The second kappa shape index (κ2) is 8.98. The average Bonchev–Trinajstić information content (AvgIpc) is 3.14. The molecule has 6 heteroatoms. The number of hydrogen-bond donors (Lipinski definition) is 0. The minimum atomic E-state index is -0.281. The van der Waals surface area contributed by atoms with Gasteiger partial charge in [-0.15, -0.1) is 11.8 Å². The molecule has 0 saturated carbocycles. The largest absolute Gasteiger partial charge is 0.283 e. The van der Waals surface area contributed by atoms with Gasteiger partial charge in [0.2, 0.25) is 5.91 Å². The number of nitrogens with zero attached hydrogens (tertiary/aromatic N) is 2. The molecule has 4 aromatic rings. The van der Waals surface area contributed by atoms with Crippen LogP contribution in [0.25, 0.3) is 10.2 Å². The molecule has 0 radical (unpaired) electrons. The molecule has 0 fully saturated rings. The van der Waals surface area contributed by atoms with Crippen LogP contribution in [-0.2, 0) is 11.3 Å². The van der Waals surface area contributed by atoms with E-state index < -0.39 is 0 Å². The summed E-state index contributed by atoms with van der Waals surface area (Å²) in [4.78, 5) is 20.6. The first-order chi connectivity index (χ1) is 14.5. The molecule has 0 N–H and O–H groups in total. The first-order valence-electron chi connectivity index (χ1n) is 9.60. The molecule has 0 aliphatic rings. The van der Waals surface area contributed by atoms with Crippen LogP contribution in [0.2, 0.25) is 0 Å². The van der Waals surface area contributed by atoms with E-state index in [0.29, 0.717) is 11.7 Å². The van der Waals surface area contributed by atoms with E-state index in [1.807, 2.05) is 30.3 Å². The Balaban J connectivity index is 1.62. The number of aryl methyl sites for hydroxylation is 2. The molecule has 0 bridgehead atoms. The average molecular weight is 437 g/mol. The lowest BCUT2D eigenvalue weighted by molar-refractivity contribution is -0.116. The molecule has 4 rings (SSSR count). The molecule has 30 heavy (non-hydrogen) atoms. The van der Waals surface area contributed by atoms with E-state index in [-0.39, 0.29) is 17.5 Å². The molecular weight excluding hydrogens is 415 g/mol. The number of thioether (sulfide) groups is 1. The summed E-state index contributed by atoms with van der Waals surface area (Å²) in [5.74, 6) is -0.0518. The first-order valence-corrected chi connectivity index (χ1v) is 11.4.